The molecule has 1 fully saturated rings. The lowest BCUT2D eigenvalue weighted by Crippen LogP contribution is -2.04. The smallest absolute Gasteiger partial charge is 0.127 e. The van der Waals surface area contributed by atoms with Gasteiger partial charge in [-0.05, 0) is 37.1 Å². The molecule has 0 amide bonds. The predicted molar refractivity (Wildman–Crippen MR) is 99.9 cm³/mol. The van der Waals surface area contributed by atoms with Crippen LogP contribution < -0.4 is 4.74 Å². The molecule has 1 aliphatic heterocycles. The van der Waals surface area contributed by atoms with Crippen molar-refractivity contribution in [1.82, 2.24) is 9.97 Å². The number of aromatic nitrogens is 2. The summed E-state index contributed by atoms with van der Waals surface area (Å²) < 4.78 is 11.7. The second-order valence-corrected chi connectivity index (χ2v) is 7.07. The average Bonchev–Trinajstić information content (AvgIpc) is 3.26. The molecule has 0 spiro atoms. The molecule has 1 aromatic carbocycles. The fourth-order valence-electron chi connectivity index (χ4n) is 3.94. The van der Waals surface area contributed by atoms with Crippen LogP contribution in [-0.4, -0.2) is 23.2 Å². The SMILES string of the molecule is COc1cc2c(cc1C1=C(C)OC3CC3=C1C)[nH]c1cncc(Cl)c12. The zero-order valence-electron chi connectivity index (χ0n) is 14.2. The van der Waals surface area contributed by atoms with E-state index < -0.39 is 0 Å². The molecule has 1 N–H and O–H groups in total. The fraction of sp³-hybridized carbons (Fsp3) is 0.250. The Balaban J connectivity index is 1.82. The van der Waals surface area contributed by atoms with Gasteiger partial charge in [0.2, 0.25) is 0 Å². The van der Waals surface area contributed by atoms with Gasteiger partial charge in [-0.3, -0.25) is 4.98 Å². The molecule has 3 aromatic rings. The quantitative estimate of drug-likeness (QED) is 0.687. The lowest BCUT2D eigenvalue weighted by molar-refractivity contribution is 0.207. The number of aromatic amines is 1. The number of ether oxygens (including phenoxy) is 2. The van der Waals surface area contributed by atoms with Gasteiger partial charge in [0.15, 0.2) is 0 Å². The molecule has 2 aliphatic rings. The number of hydrogen-bond acceptors (Lipinski definition) is 3. The van der Waals surface area contributed by atoms with Gasteiger partial charge in [-0.15, -0.1) is 0 Å². The second kappa shape index (κ2) is 5.02. The highest BCUT2D eigenvalue weighted by molar-refractivity contribution is 6.37. The minimum absolute atomic E-state index is 0.288. The van der Waals surface area contributed by atoms with Crippen molar-refractivity contribution in [3.8, 4) is 5.75 Å². The van der Waals surface area contributed by atoms with Gasteiger partial charge < -0.3 is 14.5 Å². The van der Waals surface area contributed by atoms with E-state index in [2.05, 4.69) is 23.0 Å². The van der Waals surface area contributed by atoms with Gasteiger partial charge in [-0.25, -0.2) is 0 Å². The number of pyridine rings is 1. The number of rotatable bonds is 2. The molecule has 0 bridgehead atoms. The molecular weight excluding hydrogens is 336 g/mol. The Bertz CT molecular complexity index is 1120. The van der Waals surface area contributed by atoms with Crippen molar-refractivity contribution in [3.63, 3.8) is 0 Å². The molecule has 1 saturated carbocycles. The number of hydrogen-bond donors (Lipinski definition) is 1. The Kier molecular flexibility index (Phi) is 2.98. The topological polar surface area (TPSA) is 47.1 Å². The predicted octanol–water partition coefficient (Wildman–Crippen LogP) is 5.23. The Morgan fingerprint density at radius 3 is 2.88 bits per heavy atom. The zero-order valence-corrected chi connectivity index (χ0v) is 15.0. The lowest BCUT2D eigenvalue weighted by atomic mass is 9.94. The summed E-state index contributed by atoms with van der Waals surface area (Å²) in [6.07, 6.45) is 4.78. The number of methoxy groups -OCH3 is 1. The zero-order chi connectivity index (χ0) is 17.3. The number of H-pyrrole nitrogens is 1. The van der Waals surface area contributed by atoms with Gasteiger partial charge in [-0.2, -0.15) is 0 Å². The van der Waals surface area contributed by atoms with Crippen molar-refractivity contribution in [1.29, 1.82) is 0 Å². The molecule has 0 saturated heterocycles. The standard InChI is InChI=1S/C20H17ClN2O2/c1-9-11-5-18(11)25-10(2)19(9)13-4-15-12(6-17(13)24-3)20-14(21)7-22-8-16(20)23-15/h4,6-8,18,23H,5H2,1-3H3. The van der Waals surface area contributed by atoms with E-state index in [1.165, 1.54) is 11.1 Å². The molecule has 126 valence electrons. The normalized spacial score (nSPS) is 19.4. The van der Waals surface area contributed by atoms with Crippen molar-refractivity contribution in [2.24, 2.45) is 0 Å². The monoisotopic (exact) mass is 352 g/mol. The van der Waals surface area contributed by atoms with Crippen LogP contribution in [0, 0.1) is 0 Å². The van der Waals surface area contributed by atoms with Crippen molar-refractivity contribution in [2.75, 3.05) is 7.11 Å². The largest absolute Gasteiger partial charge is 0.496 e. The van der Waals surface area contributed by atoms with E-state index in [1.54, 1.807) is 19.5 Å². The van der Waals surface area contributed by atoms with Gasteiger partial charge in [-0.1, -0.05) is 11.6 Å². The van der Waals surface area contributed by atoms with Gasteiger partial charge in [0.25, 0.3) is 0 Å². The summed E-state index contributed by atoms with van der Waals surface area (Å²) in [5, 5.41) is 2.64. The summed E-state index contributed by atoms with van der Waals surface area (Å²) in [6.45, 7) is 4.20. The third kappa shape index (κ3) is 2.04. The maximum Gasteiger partial charge on any atom is 0.127 e. The summed E-state index contributed by atoms with van der Waals surface area (Å²) in [6, 6.07) is 4.17. The van der Waals surface area contributed by atoms with Crippen LogP contribution in [0.25, 0.3) is 27.4 Å². The third-order valence-corrected chi connectivity index (χ3v) is 5.50. The molecule has 1 atom stereocenters. The Morgan fingerprint density at radius 2 is 2.08 bits per heavy atom. The minimum atomic E-state index is 0.288. The first-order valence-electron chi connectivity index (χ1n) is 8.29. The number of halogens is 1. The third-order valence-electron chi connectivity index (χ3n) is 5.21. The van der Waals surface area contributed by atoms with Gasteiger partial charge in [0.05, 0.1) is 23.8 Å². The van der Waals surface area contributed by atoms with Gasteiger partial charge in [0.1, 0.15) is 17.6 Å². The summed E-state index contributed by atoms with van der Waals surface area (Å²) in [5.41, 5.74) is 6.80. The Morgan fingerprint density at radius 1 is 1.24 bits per heavy atom. The van der Waals surface area contributed by atoms with E-state index in [1.807, 2.05) is 13.0 Å². The van der Waals surface area contributed by atoms with Crippen LogP contribution in [0.15, 0.2) is 41.4 Å². The summed E-state index contributed by atoms with van der Waals surface area (Å²) in [7, 11) is 1.70. The molecule has 0 radical (unpaired) electrons. The first-order chi connectivity index (χ1) is 12.1. The van der Waals surface area contributed by atoms with E-state index in [0.717, 1.165) is 50.9 Å². The van der Waals surface area contributed by atoms with E-state index in [-0.39, 0.29) is 6.10 Å². The molecule has 5 heteroatoms. The molecule has 4 nitrogen and oxygen atoms in total. The number of nitrogens with one attached hydrogen (secondary N) is 1. The Labute approximate surface area is 150 Å². The summed E-state index contributed by atoms with van der Waals surface area (Å²) in [4.78, 5) is 7.59. The van der Waals surface area contributed by atoms with E-state index >= 15 is 0 Å². The number of allylic oxidation sites excluding steroid dienone is 3. The molecule has 5 rings (SSSR count). The van der Waals surface area contributed by atoms with Crippen molar-refractivity contribution >= 4 is 39.0 Å². The first-order valence-corrected chi connectivity index (χ1v) is 8.67. The van der Waals surface area contributed by atoms with E-state index in [4.69, 9.17) is 21.1 Å². The van der Waals surface area contributed by atoms with Crippen molar-refractivity contribution in [2.45, 2.75) is 26.4 Å². The van der Waals surface area contributed by atoms with Crippen LogP contribution in [0.2, 0.25) is 5.02 Å². The van der Waals surface area contributed by atoms with Crippen LogP contribution in [0.4, 0.5) is 0 Å². The van der Waals surface area contributed by atoms with Crippen LogP contribution in [0.3, 0.4) is 0 Å². The number of fused-ring (bicyclic) bond motifs is 4. The maximum atomic E-state index is 6.37. The maximum absolute atomic E-state index is 6.37. The van der Waals surface area contributed by atoms with Crippen LogP contribution in [0.1, 0.15) is 25.8 Å². The van der Waals surface area contributed by atoms with Crippen LogP contribution in [0.5, 0.6) is 5.75 Å². The lowest BCUT2D eigenvalue weighted by Gasteiger charge is -2.20. The summed E-state index contributed by atoms with van der Waals surface area (Å²) >= 11 is 6.37. The molecule has 3 heterocycles. The average molecular weight is 353 g/mol. The Hall–Kier alpha value is -2.46. The van der Waals surface area contributed by atoms with E-state index in [9.17, 15) is 0 Å². The van der Waals surface area contributed by atoms with Crippen LogP contribution >= 0.6 is 11.6 Å². The van der Waals surface area contributed by atoms with Gasteiger partial charge in [0, 0.05) is 40.0 Å². The minimum Gasteiger partial charge on any atom is -0.496 e. The molecular formula is C20H17ClN2O2. The van der Waals surface area contributed by atoms with E-state index in [0.29, 0.717) is 5.02 Å². The van der Waals surface area contributed by atoms with Crippen LogP contribution in [-0.2, 0) is 4.74 Å². The highest BCUT2D eigenvalue weighted by Gasteiger charge is 2.39. The molecule has 2 aromatic heterocycles. The number of benzene rings is 1. The van der Waals surface area contributed by atoms with Gasteiger partial charge >= 0.3 is 0 Å². The highest BCUT2D eigenvalue weighted by Crippen LogP contribution is 2.49. The summed E-state index contributed by atoms with van der Waals surface area (Å²) in [5.74, 6) is 1.77. The van der Waals surface area contributed by atoms with Crippen molar-refractivity contribution in [3.05, 3.63) is 52.0 Å². The molecule has 25 heavy (non-hydrogen) atoms. The molecule has 1 unspecified atom stereocenters. The second-order valence-electron chi connectivity index (χ2n) is 6.66. The molecule has 1 aliphatic carbocycles. The van der Waals surface area contributed by atoms with Crippen molar-refractivity contribution < 1.29 is 9.47 Å². The fourth-order valence-corrected chi connectivity index (χ4v) is 4.20. The first kappa shape index (κ1) is 14.8. The highest BCUT2D eigenvalue weighted by atomic mass is 35.5. The number of nitrogens with zero attached hydrogens (tertiary/aromatic N) is 1.